The third-order valence-electron chi connectivity index (χ3n) is 3.09. The maximum Gasteiger partial charge on any atom is 0.124 e. The highest BCUT2D eigenvalue weighted by molar-refractivity contribution is 5.36. The van der Waals surface area contributed by atoms with Gasteiger partial charge in [-0.15, -0.1) is 0 Å². The topological polar surface area (TPSA) is 39.7 Å². The highest BCUT2D eigenvalue weighted by Crippen LogP contribution is 2.28. The Labute approximate surface area is 128 Å². The second kappa shape index (κ2) is 10.6. The van der Waals surface area contributed by atoms with Crippen LogP contribution in [0.15, 0.2) is 24.3 Å². The number of hydrogen-bond donors (Lipinski definition) is 1. The average Bonchev–Trinajstić information content (AvgIpc) is 2.46. The second-order valence-electron chi connectivity index (χ2n) is 5.21. The molecule has 0 aliphatic rings. The summed E-state index contributed by atoms with van der Waals surface area (Å²) in [6.45, 7) is 9.11. The highest BCUT2D eigenvalue weighted by atomic mass is 16.5. The van der Waals surface area contributed by atoms with Crippen molar-refractivity contribution in [2.24, 2.45) is 0 Å². The summed E-state index contributed by atoms with van der Waals surface area (Å²) in [6.07, 6.45) is 1.09. The molecule has 1 atom stereocenters. The Bertz CT molecular complexity index is 382. The van der Waals surface area contributed by atoms with Gasteiger partial charge in [0.25, 0.3) is 0 Å². The zero-order chi connectivity index (χ0) is 15.5. The average molecular weight is 295 g/mol. The van der Waals surface area contributed by atoms with E-state index >= 15 is 0 Å². The molecule has 21 heavy (non-hydrogen) atoms. The Kier molecular flexibility index (Phi) is 9.06. The van der Waals surface area contributed by atoms with E-state index in [0.29, 0.717) is 19.8 Å². The summed E-state index contributed by atoms with van der Waals surface area (Å²) in [6, 6.07) is 8.47. The molecule has 0 amide bonds. The van der Waals surface area contributed by atoms with E-state index in [1.54, 1.807) is 7.11 Å². The van der Waals surface area contributed by atoms with Crippen LogP contribution in [0, 0.1) is 0 Å². The molecule has 1 rings (SSSR count). The monoisotopic (exact) mass is 295 g/mol. The van der Waals surface area contributed by atoms with E-state index in [1.165, 1.54) is 5.56 Å². The van der Waals surface area contributed by atoms with Gasteiger partial charge in [-0.25, -0.2) is 0 Å². The Morgan fingerprint density at radius 3 is 2.52 bits per heavy atom. The van der Waals surface area contributed by atoms with Gasteiger partial charge in [-0.2, -0.15) is 0 Å². The van der Waals surface area contributed by atoms with Gasteiger partial charge in [0.05, 0.1) is 19.3 Å². The van der Waals surface area contributed by atoms with Gasteiger partial charge < -0.3 is 19.5 Å². The molecule has 0 bridgehead atoms. The number of rotatable bonds is 11. The van der Waals surface area contributed by atoms with Crippen molar-refractivity contribution in [3.63, 3.8) is 0 Å². The third kappa shape index (κ3) is 6.93. The summed E-state index contributed by atoms with van der Waals surface area (Å²) in [5, 5.41) is 3.51. The fourth-order valence-electron chi connectivity index (χ4n) is 2.19. The molecular formula is C17H29NO3. The maximum absolute atomic E-state index is 5.92. The lowest BCUT2D eigenvalue weighted by molar-refractivity contribution is 0.0656. The number of para-hydroxylation sites is 1. The van der Waals surface area contributed by atoms with Crippen LogP contribution in [0.3, 0.4) is 0 Å². The van der Waals surface area contributed by atoms with Crippen LogP contribution < -0.4 is 10.1 Å². The predicted octanol–water partition coefficient (Wildman–Crippen LogP) is 3.18. The van der Waals surface area contributed by atoms with E-state index in [-0.39, 0.29) is 12.1 Å². The van der Waals surface area contributed by atoms with Crippen molar-refractivity contribution in [2.45, 2.75) is 39.3 Å². The first kappa shape index (κ1) is 18.0. The summed E-state index contributed by atoms with van der Waals surface area (Å²) in [7, 11) is 1.68. The van der Waals surface area contributed by atoms with Crippen LogP contribution in [-0.4, -0.2) is 39.6 Å². The normalized spacial score (nSPS) is 12.6. The summed E-state index contributed by atoms with van der Waals surface area (Å²) in [5.41, 5.74) is 1.20. The van der Waals surface area contributed by atoms with Crippen LogP contribution in [0.1, 0.15) is 38.8 Å². The van der Waals surface area contributed by atoms with Crippen LogP contribution in [-0.2, 0) is 9.47 Å². The van der Waals surface area contributed by atoms with E-state index in [2.05, 4.69) is 24.4 Å². The predicted molar refractivity (Wildman–Crippen MR) is 85.9 cm³/mol. The molecule has 1 unspecified atom stereocenters. The summed E-state index contributed by atoms with van der Waals surface area (Å²) < 4.78 is 16.5. The van der Waals surface area contributed by atoms with Crippen LogP contribution >= 0.6 is 0 Å². The fourth-order valence-corrected chi connectivity index (χ4v) is 2.19. The van der Waals surface area contributed by atoms with Gasteiger partial charge in [0.2, 0.25) is 0 Å². The Balaban J connectivity index is 2.66. The molecule has 4 heteroatoms. The molecule has 0 aliphatic carbocycles. The first-order valence-electron chi connectivity index (χ1n) is 7.74. The van der Waals surface area contributed by atoms with Gasteiger partial charge in [-0.05, 0) is 32.9 Å². The van der Waals surface area contributed by atoms with Gasteiger partial charge in [-0.1, -0.05) is 25.1 Å². The van der Waals surface area contributed by atoms with E-state index < -0.39 is 0 Å². The minimum atomic E-state index is 0.173. The summed E-state index contributed by atoms with van der Waals surface area (Å²) in [5.74, 6) is 0.954. The van der Waals surface area contributed by atoms with Crippen molar-refractivity contribution in [1.82, 2.24) is 5.32 Å². The molecule has 0 saturated carbocycles. The molecule has 1 N–H and O–H groups in total. The minimum Gasteiger partial charge on any atom is -0.491 e. The van der Waals surface area contributed by atoms with Gasteiger partial charge in [-0.3, -0.25) is 0 Å². The van der Waals surface area contributed by atoms with Crippen LogP contribution in [0.25, 0.3) is 0 Å². The summed E-state index contributed by atoms with van der Waals surface area (Å²) in [4.78, 5) is 0. The van der Waals surface area contributed by atoms with Crippen LogP contribution in [0.4, 0.5) is 0 Å². The molecular weight excluding hydrogens is 266 g/mol. The van der Waals surface area contributed by atoms with Gasteiger partial charge in [0.15, 0.2) is 0 Å². The van der Waals surface area contributed by atoms with Crippen LogP contribution in [0.5, 0.6) is 5.75 Å². The molecule has 1 aromatic rings. The van der Waals surface area contributed by atoms with Crippen molar-refractivity contribution in [1.29, 1.82) is 0 Å². The highest BCUT2D eigenvalue weighted by Gasteiger charge is 2.15. The fraction of sp³-hybridized carbons (Fsp3) is 0.647. The molecule has 0 fully saturated rings. The molecule has 1 aromatic carbocycles. The Morgan fingerprint density at radius 1 is 1.10 bits per heavy atom. The van der Waals surface area contributed by atoms with Crippen molar-refractivity contribution in [3.05, 3.63) is 29.8 Å². The smallest absolute Gasteiger partial charge is 0.124 e. The van der Waals surface area contributed by atoms with E-state index in [1.807, 2.05) is 26.0 Å². The summed E-state index contributed by atoms with van der Waals surface area (Å²) >= 11 is 0. The standard InChI is InChI=1S/C17H29NO3/c1-5-18-16(10-11-20-13-12-19-4)15-8-6-7-9-17(15)21-14(2)3/h6-9,14,16,18H,5,10-13H2,1-4H3. The van der Waals surface area contributed by atoms with E-state index in [4.69, 9.17) is 14.2 Å². The first-order valence-corrected chi connectivity index (χ1v) is 7.74. The molecule has 0 saturated heterocycles. The van der Waals surface area contributed by atoms with Crippen LogP contribution in [0.2, 0.25) is 0 Å². The van der Waals surface area contributed by atoms with Gasteiger partial charge in [0.1, 0.15) is 5.75 Å². The van der Waals surface area contributed by atoms with Crippen molar-refractivity contribution in [2.75, 3.05) is 33.5 Å². The van der Waals surface area contributed by atoms with E-state index in [9.17, 15) is 0 Å². The van der Waals surface area contributed by atoms with E-state index in [0.717, 1.165) is 18.7 Å². The lowest BCUT2D eigenvalue weighted by atomic mass is 10.0. The van der Waals surface area contributed by atoms with Crippen molar-refractivity contribution < 1.29 is 14.2 Å². The molecule has 0 aromatic heterocycles. The SMILES string of the molecule is CCNC(CCOCCOC)c1ccccc1OC(C)C. The minimum absolute atomic E-state index is 0.173. The Hall–Kier alpha value is -1.10. The molecule has 4 nitrogen and oxygen atoms in total. The number of methoxy groups -OCH3 is 1. The van der Waals surface area contributed by atoms with Crippen molar-refractivity contribution in [3.8, 4) is 5.75 Å². The quantitative estimate of drug-likeness (QED) is 0.637. The number of hydrogen-bond acceptors (Lipinski definition) is 4. The number of ether oxygens (including phenoxy) is 3. The second-order valence-corrected chi connectivity index (χ2v) is 5.21. The molecule has 0 heterocycles. The van der Waals surface area contributed by atoms with Crippen molar-refractivity contribution >= 4 is 0 Å². The van der Waals surface area contributed by atoms with Gasteiger partial charge in [0, 0.05) is 25.3 Å². The molecule has 0 radical (unpaired) electrons. The lowest BCUT2D eigenvalue weighted by Gasteiger charge is -2.22. The molecule has 0 aliphatic heterocycles. The molecule has 0 spiro atoms. The Morgan fingerprint density at radius 2 is 1.86 bits per heavy atom. The first-order chi connectivity index (χ1) is 10.2. The molecule has 120 valence electrons. The number of nitrogens with one attached hydrogen (secondary N) is 1. The lowest BCUT2D eigenvalue weighted by Crippen LogP contribution is -2.24. The zero-order valence-electron chi connectivity index (χ0n) is 13.7. The van der Waals surface area contributed by atoms with Gasteiger partial charge >= 0.3 is 0 Å². The number of benzene rings is 1. The third-order valence-corrected chi connectivity index (χ3v) is 3.09. The largest absolute Gasteiger partial charge is 0.491 e. The maximum atomic E-state index is 5.92. The zero-order valence-corrected chi connectivity index (χ0v) is 13.7.